The van der Waals surface area contributed by atoms with Gasteiger partial charge in [-0.05, 0) is 23.3 Å². The van der Waals surface area contributed by atoms with Crippen LogP contribution in [-0.2, 0) is 11.3 Å². The van der Waals surface area contributed by atoms with Crippen LogP contribution < -0.4 is 9.47 Å². The molecule has 2 aliphatic rings. The molecule has 2 aromatic carbocycles. The molecule has 0 radical (unpaired) electrons. The molecule has 0 saturated heterocycles. The minimum absolute atomic E-state index is 0.196. The van der Waals surface area contributed by atoms with Gasteiger partial charge in [0.2, 0.25) is 12.7 Å². The summed E-state index contributed by atoms with van der Waals surface area (Å²) in [5, 5.41) is 20.3. The molecular weight excluding hydrogens is 346 g/mol. The lowest BCUT2D eigenvalue weighted by molar-refractivity contribution is -0.126. The summed E-state index contributed by atoms with van der Waals surface area (Å²) in [6, 6.07) is 12.7. The number of amides is 1. The molecule has 0 bridgehead atoms. The average Bonchev–Trinajstić information content (AvgIpc) is 3.15. The van der Waals surface area contributed by atoms with Crippen molar-refractivity contribution in [1.29, 1.82) is 0 Å². The fraction of sp³-hybridized carbons (Fsp3) is 0.0952. The van der Waals surface area contributed by atoms with Crippen LogP contribution in [0.15, 0.2) is 66.6 Å². The molecule has 6 nitrogen and oxygen atoms in total. The van der Waals surface area contributed by atoms with Crippen molar-refractivity contribution in [2.75, 3.05) is 6.79 Å². The molecule has 1 amide bonds. The van der Waals surface area contributed by atoms with Gasteiger partial charge in [0.15, 0.2) is 17.3 Å². The van der Waals surface area contributed by atoms with Crippen LogP contribution in [-0.4, -0.2) is 27.8 Å². The first-order chi connectivity index (χ1) is 13.1. The summed E-state index contributed by atoms with van der Waals surface area (Å²) in [6.07, 6.45) is 6.46. The molecule has 2 aliphatic heterocycles. The lowest BCUT2D eigenvalue weighted by atomic mass is 10.0. The van der Waals surface area contributed by atoms with Crippen LogP contribution in [0.1, 0.15) is 16.7 Å². The number of benzene rings is 2. The van der Waals surface area contributed by atoms with Gasteiger partial charge < -0.3 is 19.7 Å². The van der Waals surface area contributed by atoms with Crippen LogP contribution in [0.2, 0.25) is 0 Å². The van der Waals surface area contributed by atoms with Crippen molar-refractivity contribution in [3.05, 3.63) is 83.3 Å². The molecule has 0 atom stereocenters. The molecule has 0 spiro atoms. The Balaban J connectivity index is 1.45. The van der Waals surface area contributed by atoms with Crippen molar-refractivity contribution >= 4 is 17.7 Å². The van der Waals surface area contributed by atoms with Crippen molar-refractivity contribution in [3.8, 4) is 11.5 Å². The van der Waals surface area contributed by atoms with Gasteiger partial charge in [-0.2, -0.15) is 0 Å². The van der Waals surface area contributed by atoms with Crippen molar-refractivity contribution in [3.63, 3.8) is 0 Å². The first kappa shape index (κ1) is 16.8. The summed E-state index contributed by atoms with van der Waals surface area (Å²) in [7, 11) is 0. The monoisotopic (exact) mass is 363 g/mol. The number of ether oxygens (including phenoxy) is 2. The third kappa shape index (κ3) is 3.25. The molecule has 0 unspecified atom stereocenters. The maximum Gasteiger partial charge on any atom is 0.253 e. The van der Waals surface area contributed by atoms with Crippen LogP contribution in [0.5, 0.6) is 11.5 Å². The number of fused-ring (bicyclic) bond motifs is 2. The molecule has 2 aromatic rings. The average molecular weight is 363 g/mol. The normalized spacial score (nSPS) is 15.6. The highest BCUT2D eigenvalue weighted by Gasteiger charge is 2.27. The summed E-state index contributed by atoms with van der Waals surface area (Å²) >= 11 is 0. The minimum atomic E-state index is -0.442. The van der Waals surface area contributed by atoms with Gasteiger partial charge in [-0.1, -0.05) is 48.6 Å². The van der Waals surface area contributed by atoms with Gasteiger partial charge in [0.05, 0.1) is 6.54 Å². The summed E-state index contributed by atoms with van der Waals surface area (Å²) in [5.41, 5.74) is 2.21. The highest BCUT2D eigenvalue weighted by Crippen LogP contribution is 2.33. The topological polar surface area (TPSA) is 79.2 Å². The molecule has 0 fully saturated rings. The molecule has 4 rings (SSSR count). The Morgan fingerprint density at radius 1 is 1.04 bits per heavy atom. The van der Waals surface area contributed by atoms with Gasteiger partial charge in [0.25, 0.3) is 5.91 Å². The number of hydrogen-bond donors (Lipinski definition) is 2. The van der Waals surface area contributed by atoms with E-state index in [1.54, 1.807) is 24.3 Å². The van der Waals surface area contributed by atoms with Crippen molar-refractivity contribution in [2.45, 2.75) is 6.54 Å². The SMILES string of the molecule is O=C(/C=C/C=C/c1ccc2c(c1)OCO2)N1Cc2ccccc2C(O)=C1O. The van der Waals surface area contributed by atoms with Gasteiger partial charge in [-0.3, -0.25) is 9.69 Å². The van der Waals surface area contributed by atoms with E-state index in [1.165, 1.54) is 6.08 Å². The van der Waals surface area contributed by atoms with Crippen LogP contribution >= 0.6 is 0 Å². The molecule has 2 N–H and O–H groups in total. The number of carbonyl (C=O) groups is 1. The Labute approximate surface area is 155 Å². The van der Waals surface area contributed by atoms with E-state index in [2.05, 4.69) is 0 Å². The molecule has 0 saturated carbocycles. The van der Waals surface area contributed by atoms with E-state index < -0.39 is 11.8 Å². The number of allylic oxidation sites excluding steroid dienone is 2. The van der Waals surface area contributed by atoms with Gasteiger partial charge in [0, 0.05) is 11.6 Å². The second kappa shape index (κ2) is 6.92. The highest BCUT2D eigenvalue weighted by molar-refractivity contribution is 5.91. The Kier molecular flexibility index (Phi) is 4.30. The van der Waals surface area contributed by atoms with Crippen molar-refractivity contribution in [1.82, 2.24) is 4.90 Å². The standard InChI is InChI=1S/C21H17NO5/c23-19(22-12-15-6-2-3-7-16(15)20(24)21(22)25)8-4-1-5-14-9-10-17-18(11-14)27-13-26-17/h1-11,24-25H,12-13H2/b5-1+,8-4+. The maximum absolute atomic E-state index is 12.4. The van der Waals surface area contributed by atoms with Crippen LogP contribution in [0.25, 0.3) is 11.8 Å². The summed E-state index contributed by atoms with van der Waals surface area (Å²) in [4.78, 5) is 13.5. The smallest absolute Gasteiger partial charge is 0.253 e. The molecular formula is C21H17NO5. The zero-order valence-corrected chi connectivity index (χ0v) is 14.3. The number of rotatable bonds is 3. The zero-order valence-electron chi connectivity index (χ0n) is 14.3. The Morgan fingerprint density at radius 2 is 1.85 bits per heavy atom. The van der Waals surface area contributed by atoms with Crippen molar-refractivity contribution < 1.29 is 24.5 Å². The van der Waals surface area contributed by atoms with Gasteiger partial charge in [-0.15, -0.1) is 0 Å². The highest BCUT2D eigenvalue weighted by atomic mass is 16.7. The van der Waals surface area contributed by atoms with Gasteiger partial charge in [0.1, 0.15) is 0 Å². The van der Waals surface area contributed by atoms with E-state index in [9.17, 15) is 15.0 Å². The Bertz CT molecular complexity index is 990. The molecule has 136 valence electrons. The third-order valence-electron chi connectivity index (χ3n) is 4.37. The summed E-state index contributed by atoms with van der Waals surface area (Å²) in [6.45, 7) is 0.418. The minimum Gasteiger partial charge on any atom is -0.503 e. The number of hydrogen-bond acceptors (Lipinski definition) is 5. The number of aliphatic hydroxyl groups excluding tert-OH is 2. The van der Waals surface area contributed by atoms with E-state index in [-0.39, 0.29) is 19.1 Å². The van der Waals surface area contributed by atoms with Crippen LogP contribution in [0.3, 0.4) is 0 Å². The second-order valence-electron chi connectivity index (χ2n) is 6.08. The lowest BCUT2D eigenvalue weighted by Crippen LogP contribution is -2.32. The van der Waals surface area contributed by atoms with Crippen LogP contribution in [0, 0.1) is 0 Å². The Morgan fingerprint density at radius 3 is 2.74 bits per heavy atom. The van der Waals surface area contributed by atoms with Crippen LogP contribution in [0.4, 0.5) is 0 Å². The number of aliphatic hydroxyl groups is 2. The van der Waals surface area contributed by atoms with Gasteiger partial charge >= 0.3 is 0 Å². The second-order valence-corrected chi connectivity index (χ2v) is 6.08. The van der Waals surface area contributed by atoms with E-state index in [4.69, 9.17) is 9.47 Å². The largest absolute Gasteiger partial charge is 0.503 e. The van der Waals surface area contributed by atoms with E-state index in [0.29, 0.717) is 17.1 Å². The van der Waals surface area contributed by atoms with E-state index in [1.807, 2.05) is 36.4 Å². The zero-order chi connectivity index (χ0) is 18.8. The lowest BCUT2D eigenvalue weighted by Gasteiger charge is -2.26. The molecule has 0 aliphatic carbocycles. The number of carbonyl (C=O) groups excluding carboxylic acids is 1. The van der Waals surface area contributed by atoms with Gasteiger partial charge in [-0.25, -0.2) is 0 Å². The third-order valence-corrected chi connectivity index (χ3v) is 4.37. The van der Waals surface area contributed by atoms with Crippen molar-refractivity contribution in [2.24, 2.45) is 0 Å². The molecule has 2 heterocycles. The first-order valence-electron chi connectivity index (χ1n) is 8.40. The first-order valence-corrected chi connectivity index (χ1v) is 8.40. The predicted molar refractivity (Wildman–Crippen MR) is 99.9 cm³/mol. The van der Waals surface area contributed by atoms with E-state index in [0.717, 1.165) is 16.0 Å². The Hall–Kier alpha value is -3.67. The number of nitrogens with zero attached hydrogens (tertiary/aromatic N) is 1. The molecule has 0 aromatic heterocycles. The van der Waals surface area contributed by atoms with E-state index >= 15 is 0 Å². The fourth-order valence-corrected chi connectivity index (χ4v) is 2.98. The molecule has 27 heavy (non-hydrogen) atoms. The predicted octanol–water partition coefficient (Wildman–Crippen LogP) is 3.77. The quantitative estimate of drug-likeness (QED) is 0.641. The summed E-state index contributed by atoms with van der Waals surface area (Å²) < 4.78 is 10.6. The molecule has 6 heteroatoms. The summed E-state index contributed by atoms with van der Waals surface area (Å²) in [5.74, 6) is 0.238. The fourth-order valence-electron chi connectivity index (χ4n) is 2.98. The maximum atomic E-state index is 12.4.